The molecule has 268 valence electrons. The van der Waals surface area contributed by atoms with E-state index in [-0.39, 0.29) is 0 Å². The van der Waals surface area contributed by atoms with Crippen LogP contribution in [-0.4, -0.2) is 26.9 Å². The highest BCUT2D eigenvalue weighted by molar-refractivity contribution is 6.49. The number of halogens is 15. The van der Waals surface area contributed by atoms with Crippen LogP contribution in [0.4, 0.5) is 65.9 Å². The van der Waals surface area contributed by atoms with Crippen molar-refractivity contribution >= 4 is 29.6 Å². The van der Waals surface area contributed by atoms with E-state index in [1.807, 2.05) is 0 Å². The van der Waals surface area contributed by atoms with Crippen LogP contribution in [0.3, 0.4) is 0 Å². The molecule has 2 aromatic heterocycles. The van der Waals surface area contributed by atoms with Crippen LogP contribution >= 0.6 is 0 Å². The summed E-state index contributed by atoms with van der Waals surface area (Å²) in [7, 11) is -2.49. The smallest absolute Gasteiger partial charge is 0.413 e. The van der Waals surface area contributed by atoms with Crippen molar-refractivity contribution in [1.29, 1.82) is 0 Å². The van der Waals surface area contributed by atoms with Crippen LogP contribution in [0.25, 0.3) is 16.7 Å². The fourth-order valence-electron chi connectivity index (χ4n) is 6.60. The molecule has 0 unspecified atom stereocenters. The molecule has 0 saturated carbocycles. The van der Waals surface area contributed by atoms with E-state index in [4.69, 9.17) is 0 Å². The molecule has 0 fully saturated rings. The summed E-state index contributed by atoms with van der Waals surface area (Å²) in [5.41, 5.74) is -11.7. The molecule has 3 aliphatic heterocycles. The van der Waals surface area contributed by atoms with Crippen LogP contribution in [0.15, 0.2) is 47.1 Å². The summed E-state index contributed by atoms with van der Waals surface area (Å²) in [5.74, 6) is -37.8. The number of aromatic nitrogens is 2. The lowest BCUT2D eigenvalue weighted by Gasteiger charge is -2.27. The topological polar surface area (TPSA) is 42.5 Å². The predicted octanol–water partition coefficient (Wildman–Crippen LogP) is 6.29. The minimum absolute atomic E-state index is 0.451. The van der Waals surface area contributed by atoms with Gasteiger partial charge in [0.2, 0.25) is 17.5 Å². The van der Waals surface area contributed by atoms with E-state index in [2.05, 4.69) is 4.99 Å². The predicted molar refractivity (Wildman–Crippen MR) is 152 cm³/mol. The highest BCUT2D eigenvalue weighted by Crippen LogP contribution is 2.41. The first kappa shape index (κ1) is 34.2. The Balaban J connectivity index is 1.66. The summed E-state index contributed by atoms with van der Waals surface area (Å²) in [4.78, 5) is 3.99. The molecule has 0 saturated heterocycles. The Bertz CT molecular complexity index is 2730. The minimum atomic E-state index is -2.62. The van der Waals surface area contributed by atoms with Crippen molar-refractivity contribution in [3.8, 4) is 0 Å². The Labute approximate surface area is 282 Å². The Morgan fingerprint density at radius 1 is 0.396 bits per heavy atom. The van der Waals surface area contributed by atoms with Gasteiger partial charge < -0.3 is 14.0 Å². The van der Waals surface area contributed by atoms with Crippen molar-refractivity contribution in [2.75, 3.05) is 0 Å². The maximum absolute atomic E-state index is 15.5. The van der Waals surface area contributed by atoms with Gasteiger partial charge in [-0.2, -0.15) is 0 Å². The molecule has 3 aliphatic rings. The molecular weight excluding hydrogens is 750 g/mol. The van der Waals surface area contributed by atoms with E-state index in [0.29, 0.717) is 8.96 Å². The first-order valence-electron chi connectivity index (χ1n) is 14.4. The molecule has 0 radical (unpaired) electrons. The average molecular weight is 757 g/mol. The summed E-state index contributed by atoms with van der Waals surface area (Å²) < 4.78 is 224. The summed E-state index contributed by atoms with van der Waals surface area (Å²) >= 11 is 0. The largest absolute Gasteiger partial charge is 0.555 e. The lowest BCUT2D eigenvalue weighted by atomic mass is 9.88. The molecule has 0 amide bonds. The lowest BCUT2D eigenvalue weighted by molar-refractivity contribution is 0.376. The normalized spacial score (nSPS) is 14.6. The maximum atomic E-state index is 15.5. The number of rotatable bonds is 3. The van der Waals surface area contributed by atoms with Gasteiger partial charge in [0.15, 0.2) is 69.8 Å². The van der Waals surface area contributed by atoms with Gasteiger partial charge in [-0.1, -0.05) is 0 Å². The standard InChI is InChI=1S/C33H7BF15N3O/c35-19-16(20(36)26(42)31(47)25(19)41)13-7-1-2-8(50-7)14(17-21(37)27(43)32(48)28(44)22(17)38)10-4-6-12-15(11-5-3-9(13)51(11)34(53)52(10)12)18-23(39)29(45)33(49)30(46)24(18)40/h1-6,53H. The second-order valence-electron chi connectivity index (χ2n) is 11.5. The zero-order valence-electron chi connectivity index (χ0n) is 25.0. The van der Waals surface area contributed by atoms with Crippen LogP contribution < -0.4 is 10.7 Å². The van der Waals surface area contributed by atoms with Crippen LogP contribution in [0.5, 0.6) is 0 Å². The Morgan fingerprint density at radius 2 is 0.736 bits per heavy atom. The molecular formula is C33H7BF15N3O. The van der Waals surface area contributed by atoms with Crippen molar-refractivity contribution in [1.82, 2.24) is 8.96 Å². The molecule has 4 bridgehead atoms. The van der Waals surface area contributed by atoms with Crippen LogP contribution in [0.2, 0.25) is 0 Å². The van der Waals surface area contributed by atoms with Gasteiger partial charge in [0.05, 0.1) is 28.1 Å². The molecule has 53 heavy (non-hydrogen) atoms. The zero-order valence-corrected chi connectivity index (χ0v) is 25.0. The third-order valence-electron chi connectivity index (χ3n) is 8.85. The monoisotopic (exact) mass is 757 g/mol. The molecule has 0 spiro atoms. The molecule has 8 rings (SSSR count). The van der Waals surface area contributed by atoms with E-state index in [9.17, 15) is 44.5 Å². The minimum Gasteiger partial charge on any atom is -0.413 e. The number of fused-ring (bicyclic) bond motifs is 1. The first-order chi connectivity index (χ1) is 25.0. The van der Waals surface area contributed by atoms with Gasteiger partial charge in [0.25, 0.3) is 0 Å². The number of allylic oxidation sites excluding steroid dienone is 2. The average Bonchev–Trinajstić information content (AvgIpc) is 3.91. The second-order valence-corrected chi connectivity index (χ2v) is 11.5. The molecule has 4 nitrogen and oxygen atoms in total. The van der Waals surface area contributed by atoms with Crippen molar-refractivity contribution in [3.63, 3.8) is 0 Å². The van der Waals surface area contributed by atoms with Crippen LogP contribution in [-0.2, 0) is 0 Å². The van der Waals surface area contributed by atoms with E-state index in [1.165, 1.54) is 0 Å². The molecule has 0 atom stereocenters. The summed E-state index contributed by atoms with van der Waals surface area (Å²) in [5, 5.41) is 10.3. The van der Waals surface area contributed by atoms with Gasteiger partial charge >= 0.3 is 7.19 Å². The van der Waals surface area contributed by atoms with Gasteiger partial charge in [-0.25, -0.2) is 70.8 Å². The number of aliphatic imine (C=N–C) groups is 1. The maximum Gasteiger partial charge on any atom is 0.555 e. The third-order valence-corrected chi connectivity index (χ3v) is 8.85. The summed E-state index contributed by atoms with van der Waals surface area (Å²) in [6, 6.07) is 3.17. The quantitative estimate of drug-likeness (QED) is 0.100. The summed E-state index contributed by atoms with van der Waals surface area (Å²) in [6.07, 6.45) is 1.54. The zero-order chi connectivity index (χ0) is 38.3. The van der Waals surface area contributed by atoms with Crippen LogP contribution in [0, 0.1) is 87.3 Å². The molecule has 5 aromatic rings. The molecule has 0 aliphatic carbocycles. The van der Waals surface area contributed by atoms with Crippen molar-refractivity contribution < 1.29 is 70.9 Å². The van der Waals surface area contributed by atoms with E-state index < -0.39 is 161 Å². The second kappa shape index (κ2) is 11.3. The van der Waals surface area contributed by atoms with Crippen LogP contribution in [0.1, 0.15) is 28.1 Å². The molecule has 3 aromatic carbocycles. The Kier molecular flexibility index (Phi) is 7.28. The number of hydrogen-bond donors (Lipinski definition) is 1. The van der Waals surface area contributed by atoms with Crippen molar-refractivity contribution in [2.45, 2.75) is 0 Å². The van der Waals surface area contributed by atoms with Crippen molar-refractivity contribution in [3.05, 3.63) is 168 Å². The van der Waals surface area contributed by atoms with Crippen molar-refractivity contribution in [2.24, 2.45) is 4.99 Å². The van der Waals surface area contributed by atoms with Gasteiger partial charge in [-0.3, -0.25) is 0 Å². The lowest BCUT2D eigenvalue weighted by Crippen LogP contribution is -2.51. The van der Waals surface area contributed by atoms with Gasteiger partial charge in [-0.15, -0.1) is 0 Å². The van der Waals surface area contributed by atoms with E-state index >= 15 is 26.3 Å². The van der Waals surface area contributed by atoms with Gasteiger partial charge in [-0.05, 0) is 36.4 Å². The van der Waals surface area contributed by atoms with Gasteiger partial charge in [0, 0.05) is 38.8 Å². The fraction of sp³-hybridized carbons (Fsp3) is 0. The molecule has 5 heterocycles. The number of benzene rings is 3. The summed E-state index contributed by atoms with van der Waals surface area (Å²) in [6.45, 7) is 0. The SMILES string of the molecule is OB1n2c3ccc2C(c2c(F)c(F)c(F)c(F)c2F)=c2ccc(n21)=C(c1c(F)c(F)c(F)c(F)c1F)C1=NC(=C3c2c(F)c(F)c(F)c(F)c2F)C=C1. The number of nitrogens with zero attached hydrogens (tertiary/aromatic N) is 3. The van der Waals surface area contributed by atoms with E-state index in [0.717, 1.165) is 36.4 Å². The van der Waals surface area contributed by atoms with Gasteiger partial charge in [0.1, 0.15) is 0 Å². The Hall–Kier alpha value is -5.92. The fourth-order valence-corrected chi connectivity index (χ4v) is 6.60. The Morgan fingerprint density at radius 3 is 1.17 bits per heavy atom. The highest BCUT2D eigenvalue weighted by Gasteiger charge is 2.41. The van der Waals surface area contributed by atoms with E-state index in [1.54, 1.807) is 0 Å². The number of hydrogen-bond acceptors (Lipinski definition) is 2. The highest BCUT2D eigenvalue weighted by atomic mass is 19.2. The molecule has 1 N–H and O–H groups in total. The third kappa shape index (κ3) is 4.25. The first-order valence-corrected chi connectivity index (χ1v) is 14.4. The molecule has 20 heteroatoms.